The first-order chi connectivity index (χ1) is 9.61. The van der Waals surface area contributed by atoms with Crippen LogP contribution in [0.3, 0.4) is 0 Å². The van der Waals surface area contributed by atoms with E-state index in [0.29, 0.717) is 32.6 Å². The highest BCUT2D eigenvalue weighted by molar-refractivity contribution is 6.20. The van der Waals surface area contributed by atoms with Gasteiger partial charge in [-0.3, -0.25) is 4.79 Å². The molecule has 0 aliphatic heterocycles. The molecule has 1 amide bonds. The number of amides is 1. The van der Waals surface area contributed by atoms with Crippen molar-refractivity contribution >= 4 is 17.5 Å². The Morgan fingerprint density at radius 3 is 2.95 bits per heavy atom. The number of methoxy groups -OCH3 is 1. The number of carbonyl (C=O) groups is 1. The van der Waals surface area contributed by atoms with Crippen LogP contribution in [0, 0.1) is 6.92 Å². The van der Waals surface area contributed by atoms with Crippen LogP contribution in [0.25, 0.3) is 0 Å². The van der Waals surface area contributed by atoms with Gasteiger partial charge in [-0.1, -0.05) is 12.1 Å². The molecule has 0 aromatic heterocycles. The molecule has 1 atom stereocenters. The molecule has 112 valence electrons. The van der Waals surface area contributed by atoms with Gasteiger partial charge in [-0.2, -0.15) is 0 Å². The third-order valence-corrected chi connectivity index (χ3v) is 3.06. The molecule has 1 aromatic rings. The Balaban J connectivity index is 2.11. The zero-order chi connectivity index (χ0) is 14.8. The minimum absolute atomic E-state index is 0.0288. The first kappa shape index (κ1) is 16.8. The largest absolute Gasteiger partial charge is 0.493 e. The van der Waals surface area contributed by atoms with E-state index in [2.05, 4.69) is 5.32 Å². The Kier molecular flexibility index (Phi) is 8.07. The second-order valence-corrected chi connectivity index (χ2v) is 5.22. The lowest BCUT2D eigenvalue weighted by Gasteiger charge is -2.10. The van der Waals surface area contributed by atoms with E-state index < -0.39 is 0 Å². The molecule has 1 unspecified atom stereocenters. The fourth-order valence-corrected chi connectivity index (χ4v) is 1.92. The zero-order valence-corrected chi connectivity index (χ0v) is 12.8. The van der Waals surface area contributed by atoms with E-state index in [1.165, 1.54) is 0 Å². The van der Waals surface area contributed by atoms with E-state index in [1.54, 1.807) is 7.11 Å². The Labute approximate surface area is 125 Å². The number of hydrogen-bond donors (Lipinski definition) is 1. The summed E-state index contributed by atoms with van der Waals surface area (Å²) in [7, 11) is 1.61. The van der Waals surface area contributed by atoms with Crippen LogP contribution < -0.4 is 10.1 Å². The molecule has 0 bridgehead atoms. The van der Waals surface area contributed by atoms with Crippen molar-refractivity contribution < 1.29 is 14.3 Å². The molecule has 0 spiro atoms. The van der Waals surface area contributed by atoms with E-state index in [4.69, 9.17) is 21.1 Å². The molecule has 0 fully saturated rings. The molecule has 4 nitrogen and oxygen atoms in total. The minimum Gasteiger partial charge on any atom is -0.493 e. The second-order valence-electron chi connectivity index (χ2n) is 4.61. The number of hydrogen-bond acceptors (Lipinski definition) is 3. The molecule has 0 radical (unpaired) electrons. The third kappa shape index (κ3) is 7.36. The molecule has 0 aliphatic carbocycles. The van der Waals surface area contributed by atoms with E-state index >= 15 is 0 Å². The first-order valence-electron chi connectivity index (χ1n) is 6.71. The van der Waals surface area contributed by atoms with Crippen molar-refractivity contribution in [1.29, 1.82) is 0 Å². The predicted octanol–water partition coefficient (Wildman–Crippen LogP) is 2.52. The van der Waals surface area contributed by atoms with Crippen LogP contribution in [-0.4, -0.2) is 38.2 Å². The van der Waals surface area contributed by atoms with Gasteiger partial charge in [0.2, 0.25) is 5.91 Å². The summed E-state index contributed by atoms with van der Waals surface area (Å²) in [4.78, 5) is 11.6. The van der Waals surface area contributed by atoms with Crippen molar-refractivity contribution in [2.75, 3.05) is 26.9 Å². The quantitative estimate of drug-likeness (QED) is 0.713. The van der Waals surface area contributed by atoms with Crippen molar-refractivity contribution in [2.24, 2.45) is 0 Å². The van der Waals surface area contributed by atoms with Gasteiger partial charge in [0.05, 0.1) is 25.0 Å². The molecule has 0 saturated carbocycles. The van der Waals surface area contributed by atoms with Gasteiger partial charge >= 0.3 is 0 Å². The zero-order valence-electron chi connectivity index (χ0n) is 12.0. The van der Waals surface area contributed by atoms with E-state index in [-0.39, 0.29) is 11.3 Å². The van der Waals surface area contributed by atoms with Crippen LogP contribution >= 0.6 is 11.6 Å². The number of aryl methyl sites for hydroxylation is 1. The number of carbonyl (C=O) groups excluding carboxylic acids is 1. The molecule has 1 rings (SSSR count). The summed E-state index contributed by atoms with van der Waals surface area (Å²) < 4.78 is 10.4. The van der Waals surface area contributed by atoms with Gasteiger partial charge in [0, 0.05) is 13.7 Å². The normalized spacial score (nSPS) is 11.9. The van der Waals surface area contributed by atoms with E-state index in [1.807, 2.05) is 31.2 Å². The lowest BCUT2D eigenvalue weighted by molar-refractivity contribution is -0.121. The Bertz CT molecular complexity index is 412. The van der Waals surface area contributed by atoms with Crippen LogP contribution in [0.4, 0.5) is 0 Å². The maximum absolute atomic E-state index is 11.6. The third-order valence-electron chi connectivity index (χ3n) is 2.71. The highest BCUT2D eigenvalue weighted by Crippen LogP contribution is 2.12. The van der Waals surface area contributed by atoms with Crippen LogP contribution in [0.2, 0.25) is 0 Å². The summed E-state index contributed by atoms with van der Waals surface area (Å²) in [5.74, 6) is 0.762. The van der Waals surface area contributed by atoms with E-state index in [0.717, 1.165) is 11.3 Å². The number of benzene rings is 1. The minimum atomic E-state index is -0.0659. The van der Waals surface area contributed by atoms with Crippen molar-refractivity contribution in [2.45, 2.75) is 25.1 Å². The van der Waals surface area contributed by atoms with Crippen LogP contribution in [-0.2, 0) is 9.53 Å². The summed E-state index contributed by atoms with van der Waals surface area (Å²) in [6, 6.07) is 7.76. The van der Waals surface area contributed by atoms with Gasteiger partial charge in [0.25, 0.3) is 0 Å². The molecule has 0 aliphatic rings. The number of halogens is 1. The van der Waals surface area contributed by atoms with Crippen molar-refractivity contribution in [3.05, 3.63) is 29.8 Å². The average Bonchev–Trinajstić information content (AvgIpc) is 2.39. The van der Waals surface area contributed by atoms with Crippen LogP contribution in [0.15, 0.2) is 24.3 Å². The highest BCUT2D eigenvalue weighted by Gasteiger charge is 2.06. The smallest absolute Gasteiger partial charge is 0.223 e. The molecular formula is C15H22ClNO3. The lowest BCUT2D eigenvalue weighted by Crippen LogP contribution is -2.28. The van der Waals surface area contributed by atoms with Gasteiger partial charge in [0.15, 0.2) is 0 Å². The lowest BCUT2D eigenvalue weighted by atomic mass is 10.2. The van der Waals surface area contributed by atoms with Crippen molar-refractivity contribution in [1.82, 2.24) is 5.32 Å². The topological polar surface area (TPSA) is 47.6 Å². The number of nitrogens with one attached hydrogen (secondary N) is 1. The van der Waals surface area contributed by atoms with Gasteiger partial charge in [-0.05, 0) is 31.0 Å². The second kappa shape index (κ2) is 9.61. The average molecular weight is 300 g/mol. The van der Waals surface area contributed by atoms with E-state index in [9.17, 15) is 4.79 Å². The maximum atomic E-state index is 11.6. The Hall–Kier alpha value is -1.26. The standard InChI is InChI=1S/C15H22ClNO3/c1-12-4-3-5-14(10-12)20-9-7-15(18)17-8-6-13(16)11-19-2/h3-5,10,13H,6-9,11H2,1-2H3,(H,17,18). The number of rotatable bonds is 9. The van der Waals surface area contributed by atoms with Gasteiger partial charge in [-0.25, -0.2) is 0 Å². The summed E-state index contributed by atoms with van der Waals surface area (Å²) in [5.41, 5.74) is 1.14. The fourth-order valence-electron chi connectivity index (χ4n) is 1.69. The number of alkyl halides is 1. The molecule has 20 heavy (non-hydrogen) atoms. The monoisotopic (exact) mass is 299 g/mol. The van der Waals surface area contributed by atoms with Gasteiger partial charge < -0.3 is 14.8 Å². The van der Waals surface area contributed by atoms with Crippen molar-refractivity contribution in [3.8, 4) is 5.75 Å². The van der Waals surface area contributed by atoms with Gasteiger partial charge in [0.1, 0.15) is 5.75 Å². The summed E-state index contributed by atoms with van der Waals surface area (Å²) >= 11 is 5.96. The summed E-state index contributed by atoms with van der Waals surface area (Å²) in [6.45, 7) is 3.43. The van der Waals surface area contributed by atoms with Crippen LogP contribution in [0.1, 0.15) is 18.4 Å². The summed E-state index contributed by atoms with van der Waals surface area (Å²) in [5, 5.41) is 2.74. The molecular weight excluding hydrogens is 278 g/mol. The molecule has 0 heterocycles. The molecule has 5 heteroatoms. The predicted molar refractivity (Wildman–Crippen MR) is 80.4 cm³/mol. The highest BCUT2D eigenvalue weighted by atomic mass is 35.5. The molecule has 1 N–H and O–H groups in total. The van der Waals surface area contributed by atoms with Crippen molar-refractivity contribution in [3.63, 3.8) is 0 Å². The SMILES string of the molecule is COCC(Cl)CCNC(=O)CCOc1cccc(C)c1. The number of ether oxygens (including phenoxy) is 2. The van der Waals surface area contributed by atoms with Gasteiger partial charge in [-0.15, -0.1) is 11.6 Å². The molecule has 1 aromatic carbocycles. The Morgan fingerprint density at radius 2 is 2.25 bits per heavy atom. The molecule has 0 saturated heterocycles. The fraction of sp³-hybridized carbons (Fsp3) is 0.533. The maximum Gasteiger partial charge on any atom is 0.223 e. The van der Waals surface area contributed by atoms with Crippen LogP contribution in [0.5, 0.6) is 5.75 Å². The summed E-state index contributed by atoms with van der Waals surface area (Å²) in [6.07, 6.45) is 1.03. The first-order valence-corrected chi connectivity index (χ1v) is 7.14. The Morgan fingerprint density at radius 1 is 1.45 bits per heavy atom.